The standard InChI is InChI=1S/C28H35N3O6/c1-35-23-8-6-20(7-9-23)30-28(34)31-15-22(32)16-36-17-26-25(31)11-10-24(37-26)14-27(33)29-21-12-18-4-2-3-5-19(18)13-21/h2-9,21-22,24-26,32H,10-17H2,1H3,(H,29,33)(H,30,34)/t22-,24-,25+,26-/m1/s1. The van der Waals surface area contributed by atoms with Gasteiger partial charge in [0, 0.05) is 11.7 Å². The smallest absolute Gasteiger partial charge is 0.322 e. The zero-order valence-electron chi connectivity index (χ0n) is 21.1. The number of hydrogen-bond donors (Lipinski definition) is 3. The lowest BCUT2D eigenvalue weighted by Crippen LogP contribution is -2.58. The first-order chi connectivity index (χ1) is 18.0. The summed E-state index contributed by atoms with van der Waals surface area (Å²) < 4.78 is 17.2. The molecule has 5 rings (SSSR count). The van der Waals surface area contributed by atoms with E-state index in [4.69, 9.17) is 14.2 Å². The fraction of sp³-hybridized carbons (Fsp3) is 0.500. The van der Waals surface area contributed by atoms with Crippen LogP contribution in [-0.4, -0.2) is 79.2 Å². The summed E-state index contributed by atoms with van der Waals surface area (Å²) in [5, 5.41) is 16.5. The molecule has 2 saturated heterocycles. The number of carbonyl (C=O) groups is 2. The number of rotatable bonds is 5. The summed E-state index contributed by atoms with van der Waals surface area (Å²) >= 11 is 0. The summed E-state index contributed by atoms with van der Waals surface area (Å²) in [6.07, 6.45) is 1.86. The Balaban J connectivity index is 1.18. The number of methoxy groups -OCH3 is 1. The number of benzene rings is 2. The van der Waals surface area contributed by atoms with Gasteiger partial charge in [-0.2, -0.15) is 0 Å². The molecule has 9 nitrogen and oxygen atoms in total. The van der Waals surface area contributed by atoms with E-state index in [9.17, 15) is 14.7 Å². The maximum absolute atomic E-state index is 13.2. The van der Waals surface area contributed by atoms with Crippen molar-refractivity contribution >= 4 is 17.6 Å². The lowest BCUT2D eigenvalue weighted by molar-refractivity contribution is -0.150. The van der Waals surface area contributed by atoms with E-state index in [1.807, 2.05) is 12.1 Å². The van der Waals surface area contributed by atoms with Gasteiger partial charge in [0.25, 0.3) is 0 Å². The summed E-state index contributed by atoms with van der Waals surface area (Å²) in [4.78, 5) is 27.7. The van der Waals surface area contributed by atoms with Gasteiger partial charge in [-0.05, 0) is 61.1 Å². The first-order valence-electron chi connectivity index (χ1n) is 13.0. The largest absolute Gasteiger partial charge is 0.497 e. The molecular formula is C28H35N3O6. The molecule has 3 amide bonds. The Morgan fingerprint density at radius 2 is 1.78 bits per heavy atom. The third-order valence-electron chi connectivity index (χ3n) is 7.41. The van der Waals surface area contributed by atoms with Gasteiger partial charge in [0.05, 0.1) is 51.5 Å². The summed E-state index contributed by atoms with van der Waals surface area (Å²) in [6, 6.07) is 14.9. The maximum Gasteiger partial charge on any atom is 0.322 e. The van der Waals surface area contributed by atoms with Crippen LogP contribution >= 0.6 is 0 Å². The van der Waals surface area contributed by atoms with Crippen molar-refractivity contribution in [2.45, 2.75) is 62.5 Å². The highest BCUT2D eigenvalue weighted by molar-refractivity contribution is 5.89. The summed E-state index contributed by atoms with van der Waals surface area (Å²) in [6.45, 7) is 0.510. The van der Waals surface area contributed by atoms with Crippen LogP contribution in [0, 0.1) is 0 Å². The number of nitrogens with zero attached hydrogens (tertiary/aromatic N) is 1. The molecule has 0 spiro atoms. The second kappa shape index (κ2) is 11.5. The number of ether oxygens (including phenoxy) is 3. The normalized spacial score (nSPS) is 25.8. The summed E-state index contributed by atoms with van der Waals surface area (Å²) in [5.41, 5.74) is 3.23. The van der Waals surface area contributed by atoms with Gasteiger partial charge in [-0.15, -0.1) is 0 Å². The molecule has 0 unspecified atom stereocenters. The van der Waals surface area contributed by atoms with Crippen LogP contribution in [0.5, 0.6) is 5.75 Å². The Kier molecular flexibility index (Phi) is 7.93. The molecule has 0 aromatic heterocycles. The van der Waals surface area contributed by atoms with Gasteiger partial charge >= 0.3 is 6.03 Å². The number of nitrogens with one attached hydrogen (secondary N) is 2. The van der Waals surface area contributed by atoms with Crippen molar-refractivity contribution in [3.63, 3.8) is 0 Å². The minimum absolute atomic E-state index is 0.0162. The quantitative estimate of drug-likeness (QED) is 0.572. The van der Waals surface area contributed by atoms with Crippen molar-refractivity contribution < 1.29 is 28.9 Å². The van der Waals surface area contributed by atoms with Gasteiger partial charge in [0.1, 0.15) is 11.9 Å². The molecule has 198 valence electrons. The number of urea groups is 1. The topological polar surface area (TPSA) is 109 Å². The Morgan fingerprint density at radius 1 is 1.05 bits per heavy atom. The average molecular weight is 510 g/mol. The Labute approximate surface area is 217 Å². The van der Waals surface area contributed by atoms with E-state index in [2.05, 4.69) is 22.8 Å². The number of fused-ring (bicyclic) bond motifs is 2. The van der Waals surface area contributed by atoms with Crippen molar-refractivity contribution in [2.75, 3.05) is 32.2 Å². The van der Waals surface area contributed by atoms with Crippen LogP contribution in [0.25, 0.3) is 0 Å². The van der Waals surface area contributed by atoms with E-state index >= 15 is 0 Å². The molecular weight excluding hydrogens is 474 g/mol. The lowest BCUT2D eigenvalue weighted by atomic mass is 9.95. The minimum atomic E-state index is -0.790. The van der Waals surface area contributed by atoms with Crippen LogP contribution in [-0.2, 0) is 27.1 Å². The molecule has 2 aromatic rings. The lowest BCUT2D eigenvalue weighted by Gasteiger charge is -2.44. The van der Waals surface area contributed by atoms with Crippen molar-refractivity contribution in [1.82, 2.24) is 10.2 Å². The summed E-state index contributed by atoms with van der Waals surface area (Å²) in [5.74, 6) is 0.683. The van der Waals surface area contributed by atoms with Crippen molar-refractivity contribution in [3.05, 3.63) is 59.7 Å². The highest BCUT2D eigenvalue weighted by Gasteiger charge is 2.40. The number of hydrogen-bond acceptors (Lipinski definition) is 6. The Bertz CT molecular complexity index is 1070. The molecule has 0 radical (unpaired) electrons. The number of anilines is 1. The molecule has 0 bridgehead atoms. The van der Waals surface area contributed by atoms with Crippen molar-refractivity contribution in [3.8, 4) is 5.75 Å². The number of aliphatic hydroxyl groups is 1. The third kappa shape index (κ3) is 6.23. The molecule has 2 heterocycles. The van der Waals surface area contributed by atoms with E-state index in [1.54, 1.807) is 36.3 Å². The second-order valence-corrected chi connectivity index (χ2v) is 10.1. The molecule has 2 aliphatic heterocycles. The molecule has 9 heteroatoms. The zero-order valence-corrected chi connectivity index (χ0v) is 21.1. The number of aliphatic hydroxyl groups excluding tert-OH is 1. The minimum Gasteiger partial charge on any atom is -0.497 e. The van der Waals surface area contributed by atoms with Gasteiger partial charge in [-0.1, -0.05) is 24.3 Å². The predicted molar refractivity (Wildman–Crippen MR) is 138 cm³/mol. The van der Waals surface area contributed by atoms with Crippen molar-refractivity contribution in [2.24, 2.45) is 0 Å². The molecule has 3 aliphatic rings. The molecule has 3 N–H and O–H groups in total. The molecule has 0 saturated carbocycles. The third-order valence-corrected chi connectivity index (χ3v) is 7.41. The molecule has 2 aromatic carbocycles. The predicted octanol–water partition coefficient (Wildman–Crippen LogP) is 2.51. The van der Waals surface area contributed by atoms with Gasteiger partial charge < -0.3 is 34.9 Å². The van der Waals surface area contributed by atoms with E-state index in [0.29, 0.717) is 24.3 Å². The van der Waals surface area contributed by atoms with Crippen LogP contribution in [0.1, 0.15) is 30.4 Å². The van der Waals surface area contributed by atoms with Gasteiger partial charge in [0.2, 0.25) is 5.91 Å². The Hall–Kier alpha value is -3.14. The van der Waals surface area contributed by atoms with E-state index in [0.717, 1.165) is 12.8 Å². The molecule has 1 aliphatic carbocycles. The van der Waals surface area contributed by atoms with Crippen LogP contribution in [0.2, 0.25) is 0 Å². The molecule has 2 fully saturated rings. The first kappa shape index (κ1) is 25.5. The van der Waals surface area contributed by atoms with Gasteiger partial charge in [0.15, 0.2) is 0 Å². The van der Waals surface area contributed by atoms with E-state index in [-0.39, 0.29) is 62.4 Å². The van der Waals surface area contributed by atoms with Crippen LogP contribution in [0.15, 0.2) is 48.5 Å². The first-order valence-corrected chi connectivity index (χ1v) is 13.0. The summed E-state index contributed by atoms with van der Waals surface area (Å²) in [7, 11) is 1.59. The highest BCUT2D eigenvalue weighted by Crippen LogP contribution is 2.29. The number of carbonyl (C=O) groups excluding carboxylic acids is 2. The SMILES string of the molecule is COc1ccc(NC(=O)N2C[C@@H](O)COC[C@H]3O[C@@H](CC(=O)NC4Cc5ccccc5C4)CC[C@@H]32)cc1. The fourth-order valence-corrected chi connectivity index (χ4v) is 5.60. The van der Waals surface area contributed by atoms with Gasteiger partial charge in [-0.25, -0.2) is 4.79 Å². The molecule has 4 atom stereocenters. The van der Waals surface area contributed by atoms with Crippen LogP contribution in [0.4, 0.5) is 10.5 Å². The monoisotopic (exact) mass is 509 g/mol. The van der Waals surface area contributed by atoms with Crippen LogP contribution < -0.4 is 15.4 Å². The Morgan fingerprint density at radius 3 is 2.49 bits per heavy atom. The number of β-amino-alcohol motifs (C(OH)–C–C–N with tert-alkyl or cyclic N) is 1. The van der Waals surface area contributed by atoms with Gasteiger partial charge in [-0.3, -0.25) is 4.79 Å². The van der Waals surface area contributed by atoms with E-state index in [1.165, 1.54) is 11.1 Å². The second-order valence-electron chi connectivity index (χ2n) is 10.1. The zero-order chi connectivity index (χ0) is 25.8. The maximum atomic E-state index is 13.2. The van der Waals surface area contributed by atoms with Crippen molar-refractivity contribution in [1.29, 1.82) is 0 Å². The molecule has 37 heavy (non-hydrogen) atoms. The highest BCUT2D eigenvalue weighted by atomic mass is 16.5. The van der Waals surface area contributed by atoms with Crippen LogP contribution in [0.3, 0.4) is 0 Å². The van der Waals surface area contributed by atoms with E-state index < -0.39 is 6.10 Å². The fourth-order valence-electron chi connectivity index (χ4n) is 5.60. The number of amides is 3. The average Bonchev–Trinajstić information content (AvgIpc) is 3.29.